The summed E-state index contributed by atoms with van der Waals surface area (Å²) in [4.78, 5) is 13.8. The highest BCUT2D eigenvalue weighted by Gasteiger charge is 2.14. The topological polar surface area (TPSA) is 44.4 Å². The van der Waals surface area contributed by atoms with E-state index >= 15 is 0 Å². The van der Waals surface area contributed by atoms with Crippen LogP contribution < -0.4 is 10.6 Å². The Morgan fingerprint density at radius 2 is 1.84 bits per heavy atom. The van der Waals surface area contributed by atoms with Gasteiger partial charge in [-0.3, -0.25) is 4.79 Å². The van der Waals surface area contributed by atoms with Gasteiger partial charge in [-0.05, 0) is 19.7 Å². The SMILES string of the molecule is CC(C)NCC(=O)NCC(c1ccccc1)N(C)C. The number of carbonyl (C=O) groups is 1. The molecule has 1 unspecified atom stereocenters. The largest absolute Gasteiger partial charge is 0.353 e. The minimum atomic E-state index is 0.0384. The van der Waals surface area contributed by atoms with Crippen LogP contribution in [0.25, 0.3) is 0 Å². The molecule has 0 radical (unpaired) electrons. The summed E-state index contributed by atoms with van der Waals surface area (Å²) >= 11 is 0. The first-order chi connectivity index (χ1) is 9.00. The van der Waals surface area contributed by atoms with Crippen LogP contribution in [0.3, 0.4) is 0 Å². The average molecular weight is 263 g/mol. The summed E-state index contributed by atoms with van der Waals surface area (Å²) in [6.07, 6.45) is 0. The monoisotopic (exact) mass is 263 g/mol. The van der Waals surface area contributed by atoms with Crippen LogP contribution in [0.1, 0.15) is 25.5 Å². The lowest BCUT2D eigenvalue weighted by molar-refractivity contribution is -0.120. The van der Waals surface area contributed by atoms with Crippen molar-refractivity contribution in [2.75, 3.05) is 27.2 Å². The number of likely N-dealkylation sites (N-methyl/N-ethyl adjacent to an activating group) is 1. The summed E-state index contributed by atoms with van der Waals surface area (Å²) < 4.78 is 0. The lowest BCUT2D eigenvalue weighted by Gasteiger charge is -2.25. The zero-order valence-electron chi connectivity index (χ0n) is 12.3. The molecule has 0 aliphatic heterocycles. The van der Waals surface area contributed by atoms with Gasteiger partial charge >= 0.3 is 0 Å². The van der Waals surface area contributed by atoms with Crippen LogP contribution in [0.15, 0.2) is 30.3 Å². The first-order valence-corrected chi connectivity index (χ1v) is 6.72. The molecule has 4 heteroatoms. The van der Waals surface area contributed by atoms with Crippen molar-refractivity contribution >= 4 is 5.91 Å². The minimum absolute atomic E-state index is 0.0384. The van der Waals surface area contributed by atoms with Gasteiger partial charge in [-0.15, -0.1) is 0 Å². The van der Waals surface area contributed by atoms with Gasteiger partial charge in [-0.25, -0.2) is 0 Å². The van der Waals surface area contributed by atoms with Crippen molar-refractivity contribution in [1.82, 2.24) is 15.5 Å². The highest BCUT2D eigenvalue weighted by Crippen LogP contribution is 2.16. The van der Waals surface area contributed by atoms with E-state index in [1.807, 2.05) is 46.1 Å². The fraction of sp³-hybridized carbons (Fsp3) is 0.533. The number of rotatable bonds is 7. The van der Waals surface area contributed by atoms with Crippen molar-refractivity contribution in [3.63, 3.8) is 0 Å². The second-order valence-electron chi connectivity index (χ2n) is 5.23. The summed E-state index contributed by atoms with van der Waals surface area (Å²) in [5, 5.41) is 6.09. The fourth-order valence-corrected chi connectivity index (χ4v) is 1.84. The molecular weight excluding hydrogens is 238 g/mol. The molecule has 0 aromatic heterocycles. The molecule has 1 aromatic carbocycles. The molecule has 0 spiro atoms. The molecule has 2 N–H and O–H groups in total. The fourth-order valence-electron chi connectivity index (χ4n) is 1.84. The summed E-state index contributed by atoms with van der Waals surface area (Å²) in [6, 6.07) is 10.7. The Morgan fingerprint density at radius 3 is 2.37 bits per heavy atom. The third-order valence-electron chi connectivity index (χ3n) is 2.97. The summed E-state index contributed by atoms with van der Waals surface area (Å²) in [7, 11) is 4.05. The standard InChI is InChI=1S/C15H25N3O/c1-12(2)16-11-15(19)17-10-14(18(3)4)13-8-6-5-7-9-13/h5-9,12,14,16H,10-11H2,1-4H3,(H,17,19). The van der Waals surface area contributed by atoms with E-state index in [0.29, 0.717) is 19.1 Å². The van der Waals surface area contributed by atoms with Gasteiger partial charge in [0.05, 0.1) is 12.6 Å². The molecule has 0 fully saturated rings. The smallest absolute Gasteiger partial charge is 0.234 e. The van der Waals surface area contributed by atoms with Crippen LogP contribution in [0.4, 0.5) is 0 Å². The molecule has 0 saturated carbocycles. The van der Waals surface area contributed by atoms with E-state index in [4.69, 9.17) is 0 Å². The Bertz CT molecular complexity index is 376. The molecule has 1 rings (SSSR count). The Hall–Kier alpha value is -1.39. The molecule has 0 heterocycles. The molecule has 0 aliphatic rings. The number of nitrogens with zero attached hydrogens (tertiary/aromatic N) is 1. The van der Waals surface area contributed by atoms with Crippen LogP contribution in [-0.4, -0.2) is 44.0 Å². The van der Waals surface area contributed by atoms with E-state index in [9.17, 15) is 4.79 Å². The van der Waals surface area contributed by atoms with Crippen molar-refractivity contribution in [1.29, 1.82) is 0 Å². The van der Waals surface area contributed by atoms with Crippen LogP contribution in [-0.2, 0) is 4.79 Å². The van der Waals surface area contributed by atoms with E-state index < -0.39 is 0 Å². The van der Waals surface area contributed by atoms with Crippen molar-refractivity contribution < 1.29 is 4.79 Å². The van der Waals surface area contributed by atoms with Crippen LogP contribution in [0.2, 0.25) is 0 Å². The Morgan fingerprint density at radius 1 is 1.21 bits per heavy atom. The zero-order valence-corrected chi connectivity index (χ0v) is 12.3. The summed E-state index contributed by atoms with van der Waals surface area (Å²) in [5.41, 5.74) is 1.21. The maximum atomic E-state index is 11.7. The lowest BCUT2D eigenvalue weighted by atomic mass is 10.1. The van der Waals surface area contributed by atoms with E-state index in [-0.39, 0.29) is 11.9 Å². The minimum Gasteiger partial charge on any atom is -0.353 e. The molecule has 0 saturated heterocycles. The summed E-state index contributed by atoms with van der Waals surface area (Å²) in [5.74, 6) is 0.0384. The number of benzene rings is 1. The number of hydrogen-bond acceptors (Lipinski definition) is 3. The van der Waals surface area contributed by atoms with Gasteiger partial charge in [0.2, 0.25) is 5.91 Å². The van der Waals surface area contributed by atoms with Crippen molar-refractivity contribution in [2.24, 2.45) is 0 Å². The molecule has 0 aliphatic carbocycles. The number of carbonyl (C=O) groups excluding carboxylic acids is 1. The van der Waals surface area contributed by atoms with E-state index in [1.54, 1.807) is 0 Å². The molecular formula is C15H25N3O. The van der Waals surface area contributed by atoms with Crippen LogP contribution in [0, 0.1) is 0 Å². The lowest BCUT2D eigenvalue weighted by Crippen LogP contribution is -2.40. The van der Waals surface area contributed by atoms with Gasteiger partial charge in [0.1, 0.15) is 0 Å². The third kappa shape index (κ3) is 5.85. The molecule has 19 heavy (non-hydrogen) atoms. The van der Waals surface area contributed by atoms with E-state index in [0.717, 1.165) is 0 Å². The number of amides is 1. The number of nitrogens with one attached hydrogen (secondary N) is 2. The van der Waals surface area contributed by atoms with Crippen molar-refractivity contribution in [3.8, 4) is 0 Å². The van der Waals surface area contributed by atoms with Crippen LogP contribution in [0.5, 0.6) is 0 Å². The van der Waals surface area contributed by atoms with Crippen molar-refractivity contribution in [3.05, 3.63) is 35.9 Å². The van der Waals surface area contributed by atoms with Gasteiger partial charge in [-0.2, -0.15) is 0 Å². The third-order valence-corrected chi connectivity index (χ3v) is 2.97. The predicted molar refractivity (Wildman–Crippen MR) is 79.0 cm³/mol. The van der Waals surface area contributed by atoms with Gasteiger partial charge < -0.3 is 15.5 Å². The van der Waals surface area contributed by atoms with Gasteiger partial charge in [0.15, 0.2) is 0 Å². The second-order valence-corrected chi connectivity index (χ2v) is 5.23. The van der Waals surface area contributed by atoms with Crippen LogP contribution >= 0.6 is 0 Å². The maximum Gasteiger partial charge on any atom is 0.234 e. The second kappa shape index (κ2) is 7.92. The van der Waals surface area contributed by atoms with Gasteiger partial charge in [-0.1, -0.05) is 44.2 Å². The molecule has 4 nitrogen and oxygen atoms in total. The Labute approximate surface area is 116 Å². The Kier molecular flexibility index (Phi) is 6.53. The first kappa shape index (κ1) is 15.7. The van der Waals surface area contributed by atoms with Gasteiger partial charge in [0, 0.05) is 12.6 Å². The highest BCUT2D eigenvalue weighted by atomic mass is 16.1. The quantitative estimate of drug-likeness (QED) is 0.781. The summed E-state index contributed by atoms with van der Waals surface area (Å²) in [6.45, 7) is 5.04. The number of hydrogen-bond donors (Lipinski definition) is 2. The van der Waals surface area contributed by atoms with Crippen molar-refractivity contribution in [2.45, 2.75) is 25.9 Å². The average Bonchev–Trinajstić information content (AvgIpc) is 2.37. The molecule has 1 atom stereocenters. The first-order valence-electron chi connectivity index (χ1n) is 6.72. The molecule has 1 amide bonds. The predicted octanol–water partition coefficient (Wildman–Crippen LogP) is 1.40. The Balaban J connectivity index is 2.49. The van der Waals surface area contributed by atoms with Gasteiger partial charge in [0.25, 0.3) is 0 Å². The molecule has 0 bridgehead atoms. The zero-order chi connectivity index (χ0) is 14.3. The highest BCUT2D eigenvalue weighted by molar-refractivity contribution is 5.78. The molecule has 1 aromatic rings. The molecule has 106 valence electrons. The normalized spacial score (nSPS) is 12.7. The van der Waals surface area contributed by atoms with E-state index in [1.165, 1.54) is 5.56 Å². The van der Waals surface area contributed by atoms with E-state index in [2.05, 4.69) is 27.7 Å². The maximum absolute atomic E-state index is 11.7.